The van der Waals surface area contributed by atoms with Gasteiger partial charge in [0.05, 0.1) is 7.11 Å². The monoisotopic (exact) mass is 331 g/mol. The van der Waals surface area contributed by atoms with Gasteiger partial charge in [-0.2, -0.15) is 0 Å². The maximum Gasteiger partial charge on any atom is 0.119 e. The number of nitrogens with one attached hydrogen (secondary N) is 1. The zero-order chi connectivity index (χ0) is 14.0. The van der Waals surface area contributed by atoms with Crippen molar-refractivity contribution in [1.29, 1.82) is 0 Å². The fourth-order valence-electron chi connectivity index (χ4n) is 2.83. The molecule has 3 heteroatoms. The molecule has 2 nitrogen and oxygen atoms in total. The normalized spacial score (nSPS) is 16.5. The molecule has 0 aromatic heterocycles. The highest BCUT2D eigenvalue weighted by molar-refractivity contribution is 9.10. The van der Waals surface area contributed by atoms with Crippen LogP contribution in [0.25, 0.3) is 0 Å². The molecule has 104 valence electrons. The lowest BCUT2D eigenvalue weighted by Gasteiger charge is -2.43. The molecule has 0 saturated carbocycles. The quantitative estimate of drug-likeness (QED) is 0.925. The summed E-state index contributed by atoms with van der Waals surface area (Å²) in [6.07, 6.45) is 1.04. The van der Waals surface area contributed by atoms with Crippen LogP contribution >= 0.6 is 15.9 Å². The molecular weight excluding hydrogens is 314 g/mol. The zero-order valence-electron chi connectivity index (χ0n) is 11.5. The molecule has 0 bridgehead atoms. The van der Waals surface area contributed by atoms with Gasteiger partial charge >= 0.3 is 0 Å². The van der Waals surface area contributed by atoms with E-state index in [0.29, 0.717) is 0 Å². The van der Waals surface area contributed by atoms with Gasteiger partial charge in [-0.25, -0.2) is 0 Å². The van der Waals surface area contributed by atoms with Crippen LogP contribution in [-0.2, 0) is 11.8 Å². The van der Waals surface area contributed by atoms with Gasteiger partial charge in [-0.15, -0.1) is 0 Å². The lowest BCUT2D eigenvalue weighted by molar-refractivity contribution is 0.274. The Morgan fingerprint density at radius 3 is 2.50 bits per heavy atom. The lowest BCUT2D eigenvalue weighted by atomic mass is 9.71. The van der Waals surface area contributed by atoms with E-state index in [1.54, 1.807) is 7.11 Å². The number of benzene rings is 2. The largest absolute Gasteiger partial charge is 0.497 e. The number of hydrogen-bond donors (Lipinski definition) is 1. The Kier molecular flexibility index (Phi) is 3.81. The third kappa shape index (κ3) is 2.60. The second-order valence-corrected chi connectivity index (χ2v) is 6.33. The van der Waals surface area contributed by atoms with Crippen LogP contribution in [0.5, 0.6) is 5.75 Å². The molecule has 1 N–H and O–H groups in total. The van der Waals surface area contributed by atoms with Gasteiger partial charge in [-0.05, 0) is 41.8 Å². The molecule has 0 amide bonds. The molecule has 0 atom stereocenters. The fourth-order valence-corrected chi connectivity index (χ4v) is 3.10. The van der Waals surface area contributed by atoms with Crippen molar-refractivity contribution in [2.45, 2.75) is 11.8 Å². The summed E-state index contributed by atoms with van der Waals surface area (Å²) >= 11 is 3.51. The van der Waals surface area contributed by atoms with Crippen LogP contribution in [0.4, 0.5) is 0 Å². The molecule has 0 unspecified atom stereocenters. The van der Waals surface area contributed by atoms with Gasteiger partial charge in [0, 0.05) is 23.0 Å². The minimum absolute atomic E-state index is 0.215. The summed E-state index contributed by atoms with van der Waals surface area (Å²) in [5.74, 6) is 0.931. The maximum absolute atomic E-state index is 5.32. The summed E-state index contributed by atoms with van der Waals surface area (Å²) < 4.78 is 6.45. The van der Waals surface area contributed by atoms with E-state index < -0.39 is 0 Å². The molecule has 0 radical (unpaired) electrons. The van der Waals surface area contributed by atoms with E-state index in [-0.39, 0.29) is 5.41 Å². The van der Waals surface area contributed by atoms with Crippen molar-refractivity contribution in [3.8, 4) is 5.75 Å². The van der Waals surface area contributed by atoms with Crippen molar-refractivity contribution < 1.29 is 4.74 Å². The first kappa shape index (κ1) is 13.7. The molecule has 2 aromatic carbocycles. The second kappa shape index (κ2) is 5.58. The Bertz CT molecular complexity index is 590. The van der Waals surface area contributed by atoms with E-state index in [2.05, 4.69) is 63.7 Å². The van der Waals surface area contributed by atoms with E-state index in [1.165, 1.54) is 11.1 Å². The Morgan fingerprint density at radius 2 is 1.90 bits per heavy atom. The van der Waals surface area contributed by atoms with Gasteiger partial charge in [-0.3, -0.25) is 0 Å². The third-order valence-corrected chi connectivity index (χ3v) is 4.59. The van der Waals surface area contributed by atoms with Crippen LogP contribution in [0, 0.1) is 0 Å². The summed E-state index contributed by atoms with van der Waals surface area (Å²) in [7, 11) is 1.72. The van der Waals surface area contributed by atoms with Crippen LogP contribution < -0.4 is 10.1 Å². The van der Waals surface area contributed by atoms with Crippen molar-refractivity contribution in [1.82, 2.24) is 5.32 Å². The highest BCUT2D eigenvalue weighted by Gasteiger charge is 2.38. The molecule has 2 aromatic rings. The van der Waals surface area contributed by atoms with Crippen LogP contribution in [0.15, 0.2) is 53.0 Å². The lowest BCUT2D eigenvalue weighted by Crippen LogP contribution is -2.58. The van der Waals surface area contributed by atoms with Gasteiger partial charge in [0.2, 0.25) is 0 Å². The fraction of sp³-hybridized carbons (Fsp3) is 0.294. The average Bonchev–Trinajstić information content (AvgIpc) is 2.44. The first-order valence-electron chi connectivity index (χ1n) is 6.82. The van der Waals surface area contributed by atoms with E-state index in [9.17, 15) is 0 Å². The standard InChI is InChI=1S/C17H18BrNO/c1-20-16-4-2-3-13(9-16)10-17(11-19-12-17)14-5-7-15(18)8-6-14/h2-9,19H,10-12H2,1H3. The summed E-state index contributed by atoms with van der Waals surface area (Å²) in [6.45, 7) is 2.07. The van der Waals surface area contributed by atoms with Crippen molar-refractivity contribution in [2.24, 2.45) is 0 Å². The van der Waals surface area contributed by atoms with Crippen molar-refractivity contribution in [2.75, 3.05) is 20.2 Å². The predicted octanol–water partition coefficient (Wildman–Crippen LogP) is 3.54. The van der Waals surface area contributed by atoms with Gasteiger partial charge in [0.25, 0.3) is 0 Å². The number of ether oxygens (including phenoxy) is 1. The van der Waals surface area contributed by atoms with Crippen molar-refractivity contribution in [3.05, 3.63) is 64.1 Å². The van der Waals surface area contributed by atoms with Gasteiger partial charge in [0.1, 0.15) is 5.75 Å². The van der Waals surface area contributed by atoms with Crippen molar-refractivity contribution in [3.63, 3.8) is 0 Å². The molecule has 3 rings (SSSR count). The molecule has 20 heavy (non-hydrogen) atoms. The molecular formula is C17H18BrNO. The smallest absolute Gasteiger partial charge is 0.119 e. The highest BCUT2D eigenvalue weighted by atomic mass is 79.9. The minimum atomic E-state index is 0.215. The van der Waals surface area contributed by atoms with Gasteiger partial charge < -0.3 is 10.1 Å². The van der Waals surface area contributed by atoms with E-state index in [4.69, 9.17) is 4.74 Å². The van der Waals surface area contributed by atoms with E-state index >= 15 is 0 Å². The number of halogens is 1. The summed E-state index contributed by atoms with van der Waals surface area (Å²) in [4.78, 5) is 0. The molecule has 1 aliphatic rings. The number of methoxy groups -OCH3 is 1. The average molecular weight is 332 g/mol. The van der Waals surface area contributed by atoms with E-state index in [0.717, 1.165) is 29.7 Å². The van der Waals surface area contributed by atoms with Crippen LogP contribution in [0.3, 0.4) is 0 Å². The summed E-state index contributed by atoms with van der Waals surface area (Å²) in [5.41, 5.74) is 2.95. The topological polar surface area (TPSA) is 21.3 Å². The van der Waals surface area contributed by atoms with Gasteiger partial charge in [-0.1, -0.05) is 40.2 Å². The molecule has 1 fully saturated rings. The van der Waals surface area contributed by atoms with Crippen LogP contribution in [-0.4, -0.2) is 20.2 Å². The minimum Gasteiger partial charge on any atom is -0.497 e. The maximum atomic E-state index is 5.32. The zero-order valence-corrected chi connectivity index (χ0v) is 13.1. The molecule has 0 spiro atoms. The molecule has 1 aliphatic heterocycles. The SMILES string of the molecule is COc1cccc(CC2(c3ccc(Br)cc3)CNC2)c1. The predicted molar refractivity (Wildman–Crippen MR) is 85.4 cm³/mol. The Hall–Kier alpha value is -1.32. The number of hydrogen-bond acceptors (Lipinski definition) is 2. The summed E-state index contributed by atoms with van der Waals surface area (Å²) in [5, 5.41) is 3.42. The van der Waals surface area contributed by atoms with Crippen molar-refractivity contribution >= 4 is 15.9 Å². The molecule has 1 heterocycles. The van der Waals surface area contributed by atoms with Crippen LogP contribution in [0.2, 0.25) is 0 Å². The molecule has 0 aliphatic carbocycles. The number of rotatable bonds is 4. The first-order valence-corrected chi connectivity index (χ1v) is 7.61. The first-order chi connectivity index (χ1) is 9.72. The highest BCUT2D eigenvalue weighted by Crippen LogP contribution is 2.33. The Balaban J connectivity index is 1.87. The third-order valence-electron chi connectivity index (χ3n) is 4.06. The molecule has 1 saturated heterocycles. The Labute approximate surface area is 128 Å². The summed E-state index contributed by atoms with van der Waals surface area (Å²) in [6, 6.07) is 17.1. The van der Waals surface area contributed by atoms with Crippen LogP contribution in [0.1, 0.15) is 11.1 Å². The Morgan fingerprint density at radius 1 is 1.15 bits per heavy atom. The van der Waals surface area contributed by atoms with Gasteiger partial charge in [0.15, 0.2) is 0 Å². The second-order valence-electron chi connectivity index (χ2n) is 5.42. The van der Waals surface area contributed by atoms with E-state index in [1.807, 2.05) is 6.07 Å².